The van der Waals surface area contributed by atoms with Crippen molar-refractivity contribution < 1.29 is 14.3 Å². The van der Waals surface area contributed by atoms with Crippen molar-refractivity contribution in [3.63, 3.8) is 0 Å². The molecule has 25 heavy (non-hydrogen) atoms. The van der Waals surface area contributed by atoms with Crippen molar-refractivity contribution >= 4 is 11.9 Å². The van der Waals surface area contributed by atoms with Gasteiger partial charge in [-0.05, 0) is 50.4 Å². The minimum atomic E-state index is -0.789. The largest absolute Gasteiger partial charge is 0.497 e. The number of carbonyl (C=O) groups excluding carboxylic acids is 2. The zero-order valence-electron chi connectivity index (χ0n) is 15.8. The van der Waals surface area contributed by atoms with Gasteiger partial charge in [0, 0.05) is 6.54 Å². The molecule has 0 aliphatic carbocycles. The molecule has 1 N–H and O–H groups in total. The number of carbonyl (C=O) groups is 2. The summed E-state index contributed by atoms with van der Waals surface area (Å²) in [6.45, 7) is 6.97. The van der Waals surface area contributed by atoms with Gasteiger partial charge in [0.2, 0.25) is 0 Å². The first kappa shape index (κ1) is 19.2. The second-order valence-corrected chi connectivity index (χ2v) is 7.43. The predicted octanol–water partition coefficient (Wildman–Crippen LogP) is 2.83. The molecule has 0 bridgehead atoms. The summed E-state index contributed by atoms with van der Waals surface area (Å²) in [5, 5.41) is 2.86. The number of rotatable bonds is 8. The van der Waals surface area contributed by atoms with Crippen LogP contribution in [0.25, 0.3) is 0 Å². The van der Waals surface area contributed by atoms with Crippen molar-refractivity contribution in [2.45, 2.75) is 45.7 Å². The number of hydrogen-bond donors (Lipinski definition) is 1. The van der Waals surface area contributed by atoms with Crippen molar-refractivity contribution in [2.24, 2.45) is 5.92 Å². The third kappa shape index (κ3) is 4.72. The van der Waals surface area contributed by atoms with Crippen molar-refractivity contribution in [3.05, 3.63) is 29.8 Å². The number of ether oxygens (including phenoxy) is 1. The zero-order valence-corrected chi connectivity index (χ0v) is 15.8. The summed E-state index contributed by atoms with van der Waals surface area (Å²) >= 11 is 0. The van der Waals surface area contributed by atoms with Crippen LogP contribution in [0.3, 0.4) is 0 Å². The van der Waals surface area contributed by atoms with E-state index in [1.807, 2.05) is 43.1 Å². The lowest BCUT2D eigenvalue weighted by molar-refractivity contribution is -0.132. The molecule has 0 radical (unpaired) electrons. The third-order valence-electron chi connectivity index (χ3n) is 4.56. The molecule has 0 saturated carbocycles. The van der Waals surface area contributed by atoms with Crippen molar-refractivity contribution in [1.29, 1.82) is 0 Å². The summed E-state index contributed by atoms with van der Waals surface area (Å²) in [6, 6.07) is 7.46. The van der Waals surface area contributed by atoms with Crippen LogP contribution in [-0.2, 0) is 11.3 Å². The lowest BCUT2D eigenvalue weighted by Crippen LogP contribution is -2.45. The first-order chi connectivity index (χ1) is 11.7. The molecule has 3 amide bonds. The summed E-state index contributed by atoms with van der Waals surface area (Å²) in [5.74, 6) is 1.16. The number of imide groups is 1. The molecule has 1 aromatic carbocycles. The van der Waals surface area contributed by atoms with Crippen molar-refractivity contribution in [2.75, 3.05) is 20.8 Å². The normalized spacial score (nSPS) is 20.5. The Kier molecular flexibility index (Phi) is 6.06. The Hall–Kier alpha value is -2.08. The molecule has 1 saturated heterocycles. The monoisotopic (exact) mass is 347 g/mol. The van der Waals surface area contributed by atoms with Gasteiger partial charge in [0.25, 0.3) is 5.91 Å². The van der Waals surface area contributed by atoms with Gasteiger partial charge < -0.3 is 10.1 Å². The molecule has 0 spiro atoms. The molecule has 1 heterocycles. The van der Waals surface area contributed by atoms with Gasteiger partial charge in [0.1, 0.15) is 11.3 Å². The molecule has 6 nitrogen and oxygen atoms in total. The highest BCUT2D eigenvalue weighted by molar-refractivity contribution is 6.06. The molecule has 1 aromatic rings. The highest BCUT2D eigenvalue weighted by Crippen LogP contribution is 2.25. The van der Waals surface area contributed by atoms with E-state index in [-0.39, 0.29) is 18.6 Å². The Labute approximate surface area is 150 Å². The van der Waals surface area contributed by atoms with Crippen LogP contribution in [0.15, 0.2) is 24.3 Å². The van der Waals surface area contributed by atoms with Crippen molar-refractivity contribution in [3.8, 4) is 5.75 Å². The van der Waals surface area contributed by atoms with Gasteiger partial charge >= 0.3 is 6.03 Å². The third-order valence-corrected chi connectivity index (χ3v) is 4.56. The average molecular weight is 347 g/mol. The summed E-state index contributed by atoms with van der Waals surface area (Å²) in [5.41, 5.74) is 0.306. The lowest BCUT2D eigenvalue weighted by atomic mass is 9.92. The minimum absolute atomic E-state index is 0.139. The highest BCUT2D eigenvalue weighted by atomic mass is 16.5. The van der Waals surface area contributed by atoms with Crippen LogP contribution in [0.2, 0.25) is 0 Å². The SMILES string of the molecule is COc1ccc(CN(C)CN2C(=O)N[C@@](C)(CCC(C)C)C2=O)cc1. The molecule has 0 unspecified atom stereocenters. The predicted molar refractivity (Wildman–Crippen MR) is 97.2 cm³/mol. The van der Waals surface area contributed by atoms with Gasteiger partial charge in [-0.3, -0.25) is 9.69 Å². The standard InChI is InChI=1S/C19H29N3O3/c1-14(2)10-11-19(3)17(23)22(18(24)20-19)13-21(4)12-15-6-8-16(25-5)9-7-15/h6-9,14H,10-13H2,1-5H3,(H,20,24)/t19-/m0/s1. The van der Waals surface area contributed by atoms with E-state index in [1.165, 1.54) is 4.90 Å². The van der Waals surface area contributed by atoms with E-state index in [2.05, 4.69) is 19.2 Å². The topological polar surface area (TPSA) is 61.9 Å². The molecule has 1 aliphatic heterocycles. The van der Waals surface area contributed by atoms with E-state index >= 15 is 0 Å². The summed E-state index contributed by atoms with van der Waals surface area (Å²) < 4.78 is 5.15. The maximum absolute atomic E-state index is 12.7. The molecule has 1 fully saturated rings. The van der Waals surface area contributed by atoms with E-state index in [0.29, 0.717) is 18.9 Å². The minimum Gasteiger partial charge on any atom is -0.497 e. The van der Waals surface area contributed by atoms with Crippen LogP contribution in [0.5, 0.6) is 5.75 Å². The summed E-state index contributed by atoms with van der Waals surface area (Å²) in [4.78, 5) is 28.2. The van der Waals surface area contributed by atoms with E-state index in [0.717, 1.165) is 17.7 Å². The molecule has 1 aliphatic rings. The fourth-order valence-corrected chi connectivity index (χ4v) is 2.96. The van der Waals surface area contributed by atoms with E-state index < -0.39 is 5.54 Å². The van der Waals surface area contributed by atoms with E-state index in [1.54, 1.807) is 7.11 Å². The number of amides is 3. The fourth-order valence-electron chi connectivity index (χ4n) is 2.96. The first-order valence-corrected chi connectivity index (χ1v) is 8.71. The van der Waals surface area contributed by atoms with Gasteiger partial charge in [0.15, 0.2) is 0 Å². The Morgan fingerprint density at radius 2 is 1.88 bits per heavy atom. The number of benzene rings is 1. The van der Waals surface area contributed by atoms with Crippen molar-refractivity contribution in [1.82, 2.24) is 15.1 Å². The van der Waals surface area contributed by atoms with E-state index in [4.69, 9.17) is 4.74 Å². The number of nitrogens with zero attached hydrogens (tertiary/aromatic N) is 2. The highest BCUT2D eigenvalue weighted by Gasteiger charge is 2.47. The summed E-state index contributed by atoms with van der Waals surface area (Å²) in [7, 11) is 3.53. The second-order valence-electron chi connectivity index (χ2n) is 7.43. The molecule has 138 valence electrons. The van der Waals surface area contributed by atoms with E-state index in [9.17, 15) is 9.59 Å². The smallest absolute Gasteiger partial charge is 0.326 e. The van der Waals surface area contributed by atoms with Gasteiger partial charge in [-0.1, -0.05) is 26.0 Å². The molecule has 1 atom stereocenters. The van der Waals surface area contributed by atoms with Gasteiger partial charge in [-0.15, -0.1) is 0 Å². The quantitative estimate of drug-likeness (QED) is 0.735. The average Bonchev–Trinajstić information content (AvgIpc) is 2.77. The number of nitrogens with one attached hydrogen (secondary N) is 1. The Morgan fingerprint density at radius 3 is 2.44 bits per heavy atom. The Bertz CT molecular complexity index is 615. The fraction of sp³-hybridized carbons (Fsp3) is 0.579. The lowest BCUT2D eigenvalue weighted by Gasteiger charge is -2.25. The van der Waals surface area contributed by atoms with Crippen LogP contribution in [-0.4, -0.2) is 48.1 Å². The molecule has 0 aromatic heterocycles. The van der Waals surface area contributed by atoms with Crippen LogP contribution < -0.4 is 10.1 Å². The molecular weight excluding hydrogens is 318 g/mol. The van der Waals surface area contributed by atoms with Gasteiger partial charge in [-0.2, -0.15) is 0 Å². The van der Waals surface area contributed by atoms with Crippen LogP contribution in [0.1, 0.15) is 39.2 Å². The van der Waals surface area contributed by atoms with Crippen LogP contribution in [0.4, 0.5) is 4.79 Å². The zero-order chi connectivity index (χ0) is 18.6. The first-order valence-electron chi connectivity index (χ1n) is 8.71. The molecule has 2 rings (SSSR count). The Morgan fingerprint density at radius 1 is 1.24 bits per heavy atom. The summed E-state index contributed by atoms with van der Waals surface area (Å²) in [6.07, 6.45) is 1.56. The number of urea groups is 1. The van der Waals surface area contributed by atoms with Crippen LogP contribution >= 0.6 is 0 Å². The van der Waals surface area contributed by atoms with Gasteiger partial charge in [-0.25, -0.2) is 9.69 Å². The maximum Gasteiger partial charge on any atom is 0.326 e. The number of hydrogen-bond acceptors (Lipinski definition) is 4. The molecular formula is C19H29N3O3. The number of methoxy groups -OCH3 is 1. The van der Waals surface area contributed by atoms with Gasteiger partial charge in [0.05, 0.1) is 13.8 Å². The van der Waals surface area contributed by atoms with Crippen LogP contribution in [0, 0.1) is 5.92 Å². The Balaban J connectivity index is 1.96. The molecule has 6 heteroatoms. The maximum atomic E-state index is 12.7. The second kappa shape index (κ2) is 7.87.